The van der Waals surface area contributed by atoms with Crippen molar-refractivity contribution in [2.45, 2.75) is 0 Å². The predicted molar refractivity (Wildman–Crippen MR) is 96.8 cm³/mol. The Labute approximate surface area is 151 Å². The van der Waals surface area contributed by atoms with Crippen molar-refractivity contribution >= 4 is 18.8 Å². The minimum atomic E-state index is -3.43. The SMILES string of the molecule is COc1cccc(OC)c1C(=O)[PH](=O)C(=O)c1c(OC)cccc1OC. The van der Waals surface area contributed by atoms with Crippen LogP contribution in [-0.4, -0.2) is 39.5 Å². The summed E-state index contributed by atoms with van der Waals surface area (Å²) in [5.41, 5.74) is -1.79. The van der Waals surface area contributed by atoms with Crippen LogP contribution >= 0.6 is 7.80 Å². The van der Waals surface area contributed by atoms with Gasteiger partial charge in [0.1, 0.15) is 34.1 Å². The Morgan fingerprint density at radius 1 is 0.654 bits per heavy atom. The molecule has 0 saturated heterocycles. The molecule has 0 spiro atoms. The van der Waals surface area contributed by atoms with Crippen molar-refractivity contribution in [1.29, 1.82) is 0 Å². The van der Waals surface area contributed by atoms with E-state index in [0.717, 1.165) is 0 Å². The molecule has 0 aliphatic heterocycles. The molecule has 0 bridgehead atoms. The summed E-state index contributed by atoms with van der Waals surface area (Å²) in [5.74, 6) is 0.694. The Hall–Kier alpha value is -2.79. The topological polar surface area (TPSA) is 88.1 Å². The van der Waals surface area contributed by atoms with Gasteiger partial charge in [-0.1, -0.05) is 12.1 Å². The maximum atomic E-state index is 12.8. The third kappa shape index (κ3) is 3.58. The van der Waals surface area contributed by atoms with Crippen molar-refractivity contribution in [2.75, 3.05) is 28.4 Å². The Balaban J connectivity index is 2.51. The first-order chi connectivity index (χ1) is 12.5. The minimum absolute atomic E-state index is 0.0383. The van der Waals surface area contributed by atoms with Gasteiger partial charge in [-0.05, 0) is 24.3 Å². The first kappa shape index (κ1) is 19.5. The van der Waals surface area contributed by atoms with Crippen molar-refractivity contribution in [3.05, 3.63) is 47.5 Å². The highest BCUT2D eigenvalue weighted by atomic mass is 31.1. The molecule has 0 fully saturated rings. The van der Waals surface area contributed by atoms with E-state index in [4.69, 9.17) is 18.9 Å². The van der Waals surface area contributed by atoms with Crippen LogP contribution in [0.4, 0.5) is 0 Å². The molecule has 0 heterocycles. The second-order valence-electron chi connectivity index (χ2n) is 5.06. The standard InChI is InChI=1S/C18H19O7P/c1-22-11-7-5-8-12(23-2)15(11)17(19)26(21)18(20)16-13(24-3)9-6-10-14(16)25-4/h5-10,26H,1-4H3. The maximum absolute atomic E-state index is 12.8. The molecule has 0 atom stereocenters. The smallest absolute Gasteiger partial charge is 0.233 e. The number of carbonyl (C=O) groups is 2. The Bertz CT molecular complexity index is 747. The molecule has 2 aromatic carbocycles. The molecule has 7 nitrogen and oxygen atoms in total. The molecule has 8 heteroatoms. The van der Waals surface area contributed by atoms with Crippen molar-refractivity contribution in [3.8, 4) is 23.0 Å². The van der Waals surface area contributed by atoms with Crippen LogP contribution < -0.4 is 18.9 Å². The van der Waals surface area contributed by atoms with Crippen LogP contribution in [0.25, 0.3) is 0 Å². The quantitative estimate of drug-likeness (QED) is 0.652. The molecule has 0 saturated carbocycles. The molecule has 0 unspecified atom stereocenters. The van der Waals surface area contributed by atoms with Gasteiger partial charge in [-0.25, -0.2) is 0 Å². The predicted octanol–water partition coefficient (Wildman–Crippen LogP) is 3.26. The molecule has 0 aromatic heterocycles. The molecule has 0 amide bonds. The van der Waals surface area contributed by atoms with E-state index in [1.165, 1.54) is 52.7 Å². The number of methoxy groups -OCH3 is 4. The zero-order valence-corrected chi connectivity index (χ0v) is 15.8. The van der Waals surface area contributed by atoms with Gasteiger partial charge in [-0.15, -0.1) is 0 Å². The van der Waals surface area contributed by atoms with E-state index in [-0.39, 0.29) is 34.1 Å². The summed E-state index contributed by atoms with van der Waals surface area (Å²) >= 11 is 0. The van der Waals surface area contributed by atoms with Crippen LogP contribution in [0.15, 0.2) is 36.4 Å². The lowest BCUT2D eigenvalue weighted by atomic mass is 10.2. The summed E-state index contributed by atoms with van der Waals surface area (Å²) in [5, 5.41) is 0. The first-order valence-corrected chi connectivity index (χ1v) is 8.96. The minimum Gasteiger partial charge on any atom is -0.496 e. The Kier molecular flexibility index (Phi) is 6.41. The average molecular weight is 378 g/mol. The summed E-state index contributed by atoms with van der Waals surface area (Å²) in [6.07, 6.45) is 0. The lowest BCUT2D eigenvalue weighted by Crippen LogP contribution is -2.08. The second-order valence-corrected chi connectivity index (χ2v) is 6.63. The monoisotopic (exact) mass is 378 g/mol. The molecule has 0 aliphatic carbocycles. The normalized spacial score (nSPS) is 10.3. The highest BCUT2D eigenvalue weighted by molar-refractivity contribution is 7.80. The summed E-state index contributed by atoms with van der Waals surface area (Å²) in [7, 11) is 2.05. The zero-order chi connectivity index (χ0) is 19.3. The molecule has 0 radical (unpaired) electrons. The van der Waals surface area contributed by atoms with Gasteiger partial charge in [0.05, 0.1) is 28.4 Å². The van der Waals surface area contributed by atoms with Gasteiger partial charge in [0.25, 0.3) is 0 Å². The van der Waals surface area contributed by atoms with Gasteiger partial charge >= 0.3 is 0 Å². The highest BCUT2D eigenvalue weighted by Crippen LogP contribution is 2.42. The highest BCUT2D eigenvalue weighted by Gasteiger charge is 2.32. The fourth-order valence-electron chi connectivity index (χ4n) is 2.48. The fraction of sp³-hybridized carbons (Fsp3) is 0.222. The first-order valence-electron chi connectivity index (χ1n) is 7.55. The fourth-order valence-corrected chi connectivity index (χ4v) is 3.63. The number of carbonyl (C=O) groups excluding carboxylic acids is 2. The van der Waals surface area contributed by atoms with E-state index in [2.05, 4.69) is 0 Å². The molecule has 0 aliphatic rings. The van der Waals surface area contributed by atoms with Gasteiger partial charge in [0.15, 0.2) is 0 Å². The number of ether oxygens (including phenoxy) is 4. The molecule has 2 rings (SSSR count). The van der Waals surface area contributed by atoms with Gasteiger partial charge in [0.2, 0.25) is 18.8 Å². The summed E-state index contributed by atoms with van der Waals surface area (Å²) in [6, 6.07) is 9.35. The average Bonchev–Trinajstić information content (AvgIpc) is 2.70. The van der Waals surface area contributed by atoms with Crippen LogP contribution in [0.2, 0.25) is 0 Å². The van der Waals surface area contributed by atoms with Crippen LogP contribution in [0.3, 0.4) is 0 Å². The number of hydrogen-bond acceptors (Lipinski definition) is 7. The summed E-state index contributed by atoms with van der Waals surface area (Å²) in [4.78, 5) is 25.6. The maximum Gasteiger partial charge on any atom is 0.233 e. The molecular weight excluding hydrogens is 359 g/mol. The number of hydrogen-bond donors (Lipinski definition) is 0. The largest absolute Gasteiger partial charge is 0.496 e. The van der Waals surface area contributed by atoms with E-state index < -0.39 is 18.8 Å². The van der Waals surface area contributed by atoms with Gasteiger partial charge < -0.3 is 23.5 Å². The molecule has 0 N–H and O–H groups in total. The summed E-state index contributed by atoms with van der Waals surface area (Å²) < 4.78 is 33.4. The molecule has 2 aromatic rings. The van der Waals surface area contributed by atoms with Gasteiger partial charge in [0, 0.05) is 0 Å². The Morgan fingerprint density at radius 2 is 0.923 bits per heavy atom. The van der Waals surface area contributed by atoms with Crippen molar-refractivity contribution in [1.82, 2.24) is 0 Å². The van der Waals surface area contributed by atoms with Crippen molar-refractivity contribution in [3.63, 3.8) is 0 Å². The van der Waals surface area contributed by atoms with Gasteiger partial charge in [-0.3, -0.25) is 9.59 Å². The van der Waals surface area contributed by atoms with Crippen LogP contribution in [-0.2, 0) is 4.57 Å². The Morgan fingerprint density at radius 3 is 1.15 bits per heavy atom. The summed E-state index contributed by atoms with van der Waals surface area (Å²) in [6.45, 7) is 0. The van der Waals surface area contributed by atoms with Crippen molar-refractivity contribution < 1.29 is 33.1 Å². The van der Waals surface area contributed by atoms with Crippen molar-refractivity contribution in [2.24, 2.45) is 0 Å². The van der Waals surface area contributed by atoms with E-state index >= 15 is 0 Å². The molecule has 138 valence electrons. The van der Waals surface area contributed by atoms with E-state index in [9.17, 15) is 14.2 Å². The van der Waals surface area contributed by atoms with E-state index in [1.54, 1.807) is 12.1 Å². The lowest BCUT2D eigenvalue weighted by Gasteiger charge is -2.13. The number of benzene rings is 2. The zero-order valence-electron chi connectivity index (χ0n) is 14.8. The van der Waals surface area contributed by atoms with Crippen LogP contribution in [0.1, 0.15) is 20.7 Å². The van der Waals surface area contributed by atoms with Crippen LogP contribution in [0, 0.1) is 0 Å². The van der Waals surface area contributed by atoms with Gasteiger partial charge in [-0.2, -0.15) is 0 Å². The van der Waals surface area contributed by atoms with E-state index in [1.807, 2.05) is 0 Å². The molecular formula is C18H19O7P. The number of rotatable bonds is 8. The molecule has 26 heavy (non-hydrogen) atoms. The lowest BCUT2D eigenvalue weighted by molar-refractivity contribution is 0.104. The third-order valence-corrected chi connectivity index (χ3v) is 5.05. The van der Waals surface area contributed by atoms with E-state index in [0.29, 0.717) is 0 Å². The second kappa shape index (κ2) is 8.54. The van der Waals surface area contributed by atoms with Crippen LogP contribution in [0.5, 0.6) is 23.0 Å². The third-order valence-electron chi connectivity index (χ3n) is 3.72.